The van der Waals surface area contributed by atoms with Gasteiger partial charge in [0.1, 0.15) is 18.6 Å². The molecule has 4 aromatic rings. The van der Waals surface area contributed by atoms with Crippen LogP contribution < -0.4 is 11.3 Å². The summed E-state index contributed by atoms with van der Waals surface area (Å²) in [5.41, 5.74) is 10.3. The fourth-order valence-corrected chi connectivity index (χ4v) is 4.83. The van der Waals surface area contributed by atoms with Crippen LogP contribution in [0.25, 0.3) is 28.0 Å². The van der Waals surface area contributed by atoms with Gasteiger partial charge in [0.25, 0.3) is 5.56 Å². The van der Waals surface area contributed by atoms with Gasteiger partial charge in [-0.2, -0.15) is 0 Å². The summed E-state index contributed by atoms with van der Waals surface area (Å²) in [5, 5.41) is 1.46. The quantitative estimate of drug-likeness (QED) is 0.354. The molecule has 38 heavy (non-hydrogen) atoms. The predicted molar refractivity (Wildman–Crippen MR) is 150 cm³/mol. The van der Waals surface area contributed by atoms with E-state index in [1.54, 1.807) is 17.0 Å². The Labute approximate surface area is 221 Å². The van der Waals surface area contributed by atoms with E-state index in [0.29, 0.717) is 29.1 Å². The molecule has 0 aliphatic carbocycles. The van der Waals surface area contributed by atoms with Crippen LogP contribution in [0.5, 0.6) is 0 Å². The first-order valence-corrected chi connectivity index (χ1v) is 13.0. The van der Waals surface area contributed by atoms with Crippen LogP contribution in [0.15, 0.2) is 80.9 Å². The Kier molecular flexibility index (Phi) is 7.22. The van der Waals surface area contributed by atoms with Gasteiger partial charge in [-0.1, -0.05) is 32.0 Å². The van der Waals surface area contributed by atoms with Crippen molar-refractivity contribution in [2.45, 2.75) is 39.7 Å². The first kappa shape index (κ1) is 25.2. The smallest absolute Gasteiger partial charge is 0.258 e. The van der Waals surface area contributed by atoms with Crippen molar-refractivity contribution in [2.75, 3.05) is 13.1 Å². The molecule has 0 saturated heterocycles. The van der Waals surface area contributed by atoms with Crippen LogP contribution in [0.2, 0.25) is 0 Å². The average Bonchev–Trinajstić information content (AvgIpc) is 3.37. The van der Waals surface area contributed by atoms with Crippen molar-refractivity contribution in [3.05, 3.63) is 88.5 Å². The Hall–Kier alpha value is -4.46. The molecule has 2 N–H and O–H groups in total. The lowest BCUT2D eigenvalue weighted by molar-refractivity contribution is -0.127. The molecule has 2 aromatic carbocycles. The third kappa shape index (κ3) is 5.16. The molecule has 5 rings (SSSR count). The number of benzene rings is 2. The molecule has 0 atom stereocenters. The summed E-state index contributed by atoms with van der Waals surface area (Å²) < 4.78 is 6.87. The van der Waals surface area contributed by atoms with Gasteiger partial charge >= 0.3 is 0 Å². The molecule has 0 bridgehead atoms. The Balaban J connectivity index is 1.46. The maximum atomic E-state index is 13.3. The number of aromatic nitrogens is 2. The second-order valence-corrected chi connectivity index (χ2v) is 9.49. The minimum atomic E-state index is -0.103. The SMILES string of the molecule is CCCN(CCC)C(=O)C1=Cc2ccc(-c3ccc4c(=O)n(Cc5ncco5)ccc4c3)cc2N=C(N)C1. The van der Waals surface area contributed by atoms with E-state index in [1.165, 1.54) is 6.26 Å². The number of carbonyl (C=O) groups excluding carboxylic acids is 1. The third-order valence-electron chi connectivity index (χ3n) is 6.64. The highest BCUT2D eigenvalue weighted by atomic mass is 16.3. The molecule has 0 saturated carbocycles. The Bertz CT molecular complexity index is 1590. The van der Waals surface area contributed by atoms with Gasteiger partial charge in [-0.3, -0.25) is 9.59 Å². The van der Waals surface area contributed by atoms with Gasteiger partial charge in [0.2, 0.25) is 11.8 Å². The number of nitrogens with two attached hydrogens (primary N) is 1. The molecular formula is C30H31N5O3. The number of hydrogen-bond acceptors (Lipinski definition) is 6. The van der Waals surface area contributed by atoms with E-state index in [2.05, 4.69) is 23.8 Å². The third-order valence-corrected chi connectivity index (χ3v) is 6.64. The normalized spacial score (nSPS) is 13.0. The molecular weight excluding hydrogens is 478 g/mol. The van der Waals surface area contributed by atoms with E-state index in [1.807, 2.05) is 53.4 Å². The summed E-state index contributed by atoms with van der Waals surface area (Å²) in [5.74, 6) is 0.917. The summed E-state index contributed by atoms with van der Waals surface area (Å²) in [6.07, 6.45) is 8.86. The lowest BCUT2D eigenvalue weighted by Crippen LogP contribution is -2.34. The summed E-state index contributed by atoms with van der Waals surface area (Å²) >= 11 is 0. The van der Waals surface area contributed by atoms with E-state index in [9.17, 15) is 9.59 Å². The number of oxazole rings is 1. The zero-order valence-corrected chi connectivity index (χ0v) is 21.7. The highest BCUT2D eigenvalue weighted by Gasteiger charge is 2.21. The van der Waals surface area contributed by atoms with Gasteiger partial charge in [0, 0.05) is 42.2 Å². The summed E-state index contributed by atoms with van der Waals surface area (Å²) in [7, 11) is 0. The standard InChI is InChI=1S/C30H31N5O3/c1-3-11-34(12-4-2)29(36)24-16-23-6-5-21(17-26(23)33-27(31)18-24)20-7-8-25-22(15-20)9-13-35(30(25)37)19-28-32-10-14-38-28/h5-10,13-17H,3-4,11-12,18-19H2,1-2H3,(H2,31,33). The first-order valence-electron chi connectivity index (χ1n) is 13.0. The number of amides is 1. The van der Waals surface area contributed by atoms with Crippen LogP contribution >= 0.6 is 0 Å². The lowest BCUT2D eigenvalue weighted by Gasteiger charge is -2.22. The molecule has 0 spiro atoms. The van der Waals surface area contributed by atoms with E-state index in [0.717, 1.165) is 53.7 Å². The minimum absolute atomic E-state index is 0.0202. The van der Waals surface area contributed by atoms with Crippen LogP contribution in [0.3, 0.4) is 0 Å². The number of pyridine rings is 1. The van der Waals surface area contributed by atoms with Gasteiger partial charge in [0.05, 0.1) is 11.9 Å². The molecule has 8 heteroatoms. The Morgan fingerprint density at radius 2 is 1.84 bits per heavy atom. The van der Waals surface area contributed by atoms with Gasteiger partial charge in [0.15, 0.2) is 0 Å². The van der Waals surface area contributed by atoms with Crippen LogP contribution in [0.4, 0.5) is 5.69 Å². The summed E-state index contributed by atoms with van der Waals surface area (Å²) in [6.45, 7) is 5.87. The molecule has 0 unspecified atom stereocenters. The van der Waals surface area contributed by atoms with Gasteiger partial charge < -0.3 is 19.6 Å². The monoisotopic (exact) mass is 509 g/mol. The van der Waals surface area contributed by atoms with Gasteiger partial charge in [-0.15, -0.1) is 0 Å². The van der Waals surface area contributed by atoms with Crippen molar-refractivity contribution in [3.63, 3.8) is 0 Å². The molecule has 2 aromatic heterocycles. The van der Waals surface area contributed by atoms with E-state index >= 15 is 0 Å². The number of fused-ring (bicyclic) bond motifs is 2. The first-order chi connectivity index (χ1) is 18.5. The van der Waals surface area contributed by atoms with Crippen molar-refractivity contribution in [3.8, 4) is 11.1 Å². The van der Waals surface area contributed by atoms with Crippen LogP contribution in [-0.2, 0) is 11.3 Å². The molecule has 1 aliphatic rings. The van der Waals surface area contributed by atoms with Crippen molar-refractivity contribution in [1.82, 2.24) is 14.5 Å². The van der Waals surface area contributed by atoms with Crippen LogP contribution in [0.1, 0.15) is 44.6 Å². The lowest BCUT2D eigenvalue weighted by atomic mass is 9.99. The van der Waals surface area contributed by atoms with Crippen LogP contribution in [-0.4, -0.2) is 39.3 Å². The van der Waals surface area contributed by atoms with Crippen molar-refractivity contribution < 1.29 is 9.21 Å². The van der Waals surface area contributed by atoms with Crippen molar-refractivity contribution in [1.29, 1.82) is 0 Å². The number of carbonyl (C=O) groups is 1. The maximum Gasteiger partial charge on any atom is 0.258 e. The molecule has 0 radical (unpaired) electrons. The Morgan fingerprint density at radius 1 is 1.08 bits per heavy atom. The fourth-order valence-electron chi connectivity index (χ4n) is 4.83. The molecule has 1 amide bonds. The number of aliphatic imine (C=N–C) groups is 1. The predicted octanol–water partition coefficient (Wildman–Crippen LogP) is 5.13. The summed E-state index contributed by atoms with van der Waals surface area (Å²) in [6, 6.07) is 13.7. The molecule has 194 valence electrons. The molecule has 8 nitrogen and oxygen atoms in total. The molecule has 3 heterocycles. The second kappa shape index (κ2) is 10.9. The Morgan fingerprint density at radius 3 is 2.58 bits per heavy atom. The fraction of sp³-hybridized carbons (Fsp3) is 0.267. The van der Waals surface area contributed by atoms with Crippen LogP contribution in [0, 0.1) is 0 Å². The van der Waals surface area contributed by atoms with Gasteiger partial charge in [-0.05, 0) is 59.7 Å². The summed E-state index contributed by atoms with van der Waals surface area (Å²) in [4.78, 5) is 36.9. The zero-order valence-electron chi connectivity index (χ0n) is 21.7. The van der Waals surface area contributed by atoms with Crippen molar-refractivity contribution in [2.24, 2.45) is 10.7 Å². The maximum absolute atomic E-state index is 13.3. The average molecular weight is 510 g/mol. The molecule has 0 fully saturated rings. The highest BCUT2D eigenvalue weighted by molar-refractivity contribution is 6.05. The highest BCUT2D eigenvalue weighted by Crippen LogP contribution is 2.33. The largest absolute Gasteiger partial charge is 0.447 e. The van der Waals surface area contributed by atoms with Crippen molar-refractivity contribution >= 4 is 34.3 Å². The number of amidine groups is 1. The zero-order chi connectivity index (χ0) is 26.6. The topological polar surface area (TPSA) is 107 Å². The number of hydrogen-bond donors (Lipinski definition) is 1. The molecule has 1 aliphatic heterocycles. The number of rotatable bonds is 8. The van der Waals surface area contributed by atoms with Gasteiger partial charge in [-0.25, -0.2) is 9.98 Å². The second-order valence-electron chi connectivity index (χ2n) is 9.49. The minimum Gasteiger partial charge on any atom is -0.447 e. The number of nitrogens with zero attached hydrogens (tertiary/aromatic N) is 4. The van der Waals surface area contributed by atoms with E-state index in [4.69, 9.17) is 10.2 Å². The van der Waals surface area contributed by atoms with E-state index < -0.39 is 0 Å². The van der Waals surface area contributed by atoms with E-state index in [-0.39, 0.29) is 18.0 Å².